The number of carbonyl (C=O) groups excluding carboxylic acids is 1. The molecule has 0 bridgehead atoms. The molecular formula is C14H17FN2O2. The standard InChI is InChI=1S/C14H17FN2O2/c1-14(2,19-3)13(18)17-11-6-7-12(15)10(9-11)5-4-8-16/h6-7,9H,8,16H2,1-3H3,(H,17,18). The summed E-state index contributed by atoms with van der Waals surface area (Å²) in [5, 5.41) is 2.65. The Morgan fingerprint density at radius 3 is 2.79 bits per heavy atom. The van der Waals surface area contributed by atoms with Crippen molar-refractivity contribution in [2.24, 2.45) is 5.73 Å². The molecule has 0 aliphatic heterocycles. The lowest BCUT2D eigenvalue weighted by molar-refractivity contribution is -0.133. The topological polar surface area (TPSA) is 64.3 Å². The fourth-order valence-corrected chi connectivity index (χ4v) is 1.22. The van der Waals surface area contributed by atoms with Crippen molar-refractivity contribution in [1.82, 2.24) is 0 Å². The highest BCUT2D eigenvalue weighted by Gasteiger charge is 2.26. The summed E-state index contributed by atoms with van der Waals surface area (Å²) in [6, 6.07) is 4.17. The molecule has 0 heterocycles. The molecule has 0 fully saturated rings. The molecule has 19 heavy (non-hydrogen) atoms. The summed E-state index contributed by atoms with van der Waals surface area (Å²) in [4.78, 5) is 11.9. The van der Waals surface area contributed by atoms with Gasteiger partial charge in [0.2, 0.25) is 0 Å². The third-order valence-corrected chi connectivity index (χ3v) is 2.61. The van der Waals surface area contributed by atoms with Crippen molar-refractivity contribution in [2.45, 2.75) is 19.4 Å². The van der Waals surface area contributed by atoms with E-state index in [1.165, 1.54) is 25.3 Å². The minimum absolute atomic E-state index is 0.146. The molecule has 0 aliphatic carbocycles. The number of nitrogens with two attached hydrogens (primary N) is 1. The number of hydrogen-bond donors (Lipinski definition) is 2. The number of hydrogen-bond acceptors (Lipinski definition) is 3. The van der Waals surface area contributed by atoms with Crippen molar-refractivity contribution in [3.05, 3.63) is 29.6 Å². The van der Waals surface area contributed by atoms with E-state index in [1.807, 2.05) is 0 Å². The normalized spacial score (nSPS) is 10.6. The maximum Gasteiger partial charge on any atom is 0.256 e. The van der Waals surface area contributed by atoms with E-state index in [2.05, 4.69) is 17.2 Å². The van der Waals surface area contributed by atoms with Crippen LogP contribution >= 0.6 is 0 Å². The minimum atomic E-state index is -0.961. The highest BCUT2D eigenvalue weighted by atomic mass is 19.1. The van der Waals surface area contributed by atoms with E-state index in [1.54, 1.807) is 13.8 Å². The summed E-state index contributed by atoms with van der Waals surface area (Å²) in [6.45, 7) is 3.43. The van der Waals surface area contributed by atoms with Gasteiger partial charge < -0.3 is 15.8 Å². The Morgan fingerprint density at radius 2 is 2.21 bits per heavy atom. The van der Waals surface area contributed by atoms with Gasteiger partial charge in [-0.1, -0.05) is 11.8 Å². The van der Waals surface area contributed by atoms with Crippen LogP contribution in [-0.4, -0.2) is 25.2 Å². The third-order valence-electron chi connectivity index (χ3n) is 2.61. The quantitative estimate of drug-likeness (QED) is 0.813. The van der Waals surface area contributed by atoms with Crippen molar-refractivity contribution in [3.63, 3.8) is 0 Å². The van der Waals surface area contributed by atoms with Crippen molar-refractivity contribution < 1.29 is 13.9 Å². The zero-order valence-corrected chi connectivity index (χ0v) is 11.2. The Balaban J connectivity index is 2.95. The second-order valence-corrected chi connectivity index (χ2v) is 4.37. The van der Waals surface area contributed by atoms with Crippen molar-refractivity contribution in [1.29, 1.82) is 0 Å². The lowest BCUT2D eigenvalue weighted by atomic mass is 10.1. The van der Waals surface area contributed by atoms with Gasteiger partial charge in [0.25, 0.3) is 5.91 Å². The van der Waals surface area contributed by atoms with E-state index < -0.39 is 11.4 Å². The smallest absolute Gasteiger partial charge is 0.256 e. The maximum atomic E-state index is 13.4. The van der Waals surface area contributed by atoms with Crippen LogP contribution in [0, 0.1) is 17.7 Å². The lowest BCUT2D eigenvalue weighted by Crippen LogP contribution is -2.38. The van der Waals surface area contributed by atoms with Gasteiger partial charge in [-0.15, -0.1) is 0 Å². The lowest BCUT2D eigenvalue weighted by Gasteiger charge is -2.21. The second kappa shape index (κ2) is 6.32. The molecule has 3 N–H and O–H groups in total. The van der Waals surface area contributed by atoms with Crippen LogP contribution in [0.15, 0.2) is 18.2 Å². The number of carbonyl (C=O) groups is 1. The summed E-state index contributed by atoms with van der Waals surface area (Å²) >= 11 is 0. The zero-order valence-electron chi connectivity index (χ0n) is 11.2. The summed E-state index contributed by atoms with van der Waals surface area (Å²) in [7, 11) is 1.45. The Kier molecular flexibility index (Phi) is 5.04. The molecule has 5 heteroatoms. The van der Waals surface area contributed by atoms with Gasteiger partial charge in [0.15, 0.2) is 0 Å². The van der Waals surface area contributed by atoms with Crippen LogP contribution < -0.4 is 11.1 Å². The fraction of sp³-hybridized carbons (Fsp3) is 0.357. The molecule has 0 saturated heterocycles. The van der Waals surface area contributed by atoms with Crippen molar-refractivity contribution >= 4 is 11.6 Å². The first-order valence-electron chi connectivity index (χ1n) is 5.76. The molecule has 0 aromatic heterocycles. The number of nitrogens with one attached hydrogen (secondary N) is 1. The molecular weight excluding hydrogens is 247 g/mol. The largest absolute Gasteiger partial charge is 0.369 e. The second-order valence-electron chi connectivity index (χ2n) is 4.37. The molecule has 1 aromatic rings. The number of amides is 1. The van der Waals surface area contributed by atoms with Gasteiger partial charge in [-0.2, -0.15) is 0 Å². The van der Waals surface area contributed by atoms with Gasteiger partial charge in [-0.05, 0) is 32.0 Å². The SMILES string of the molecule is COC(C)(C)C(=O)Nc1ccc(F)c(C#CCN)c1. The first kappa shape index (κ1) is 15.2. The van der Waals surface area contributed by atoms with E-state index in [-0.39, 0.29) is 18.0 Å². The third kappa shape index (κ3) is 4.05. The fourth-order valence-electron chi connectivity index (χ4n) is 1.22. The number of anilines is 1. The number of halogens is 1. The van der Waals surface area contributed by atoms with Gasteiger partial charge in [-0.25, -0.2) is 4.39 Å². The van der Waals surface area contributed by atoms with Crippen molar-refractivity contribution in [3.8, 4) is 11.8 Å². The highest BCUT2D eigenvalue weighted by molar-refractivity contribution is 5.96. The highest BCUT2D eigenvalue weighted by Crippen LogP contribution is 2.17. The van der Waals surface area contributed by atoms with E-state index in [9.17, 15) is 9.18 Å². The summed E-state index contributed by atoms with van der Waals surface area (Å²) in [5.74, 6) is 4.40. The van der Waals surface area contributed by atoms with Gasteiger partial charge in [0.1, 0.15) is 11.4 Å². The molecule has 0 radical (unpaired) electrons. The predicted molar refractivity (Wildman–Crippen MR) is 72.1 cm³/mol. The van der Waals surface area contributed by atoms with Gasteiger partial charge in [0.05, 0.1) is 12.1 Å². The van der Waals surface area contributed by atoms with Crippen LogP contribution in [0.25, 0.3) is 0 Å². The van der Waals surface area contributed by atoms with E-state index in [0.717, 1.165) is 0 Å². The predicted octanol–water partition coefficient (Wildman–Crippen LogP) is 1.50. The van der Waals surface area contributed by atoms with Gasteiger partial charge >= 0.3 is 0 Å². The average molecular weight is 264 g/mol. The van der Waals surface area contributed by atoms with Gasteiger partial charge in [-0.3, -0.25) is 4.79 Å². The van der Waals surface area contributed by atoms with Crippen LogP contribution in [-0.2, 0) is 9.53 Å². The number of benzene rings is 1. The molecule has 0 saturated carbocycles. The van der Waals surface area contributed by atoms with Crippen LogP contribution in [0.4, 0.5) is 10.1 Å². The molecule has 0 spiro atoms. The van der Waals surface area contributed by atoms with Crippen LogP contribution in [0.2, 0.25) is 0 Å². The monoisotopic (exact) mass is 264 g/mol. The number of rotatable bonds is 3. The molecule has 4 nitrogen and oxygen atoms in total. The first-order chi connectivity index (χ1) is 8.90. The summed E-state index contributed by atoms with van der Waals surface area (Å²) in [5.41, 5.74) is 4.93. The van der Waals surface area contributed by atoms with Crippen LogP contribution in [0.3, 0.4) is 0 Å². The molecule has 0 aliphatic rings. The molecule has 1 aromatic carbocycles. The number of ether oxygens (including phenoxy) is 1. The molecule has 0 unspecified atom stereocenters. The molecule has 102 valence electrons. The Labute approximate surface area is 112 Å². The maximum absolute atomic E-state index is 13.4. The van der Waals surface area contributed by atoms with E-state index in [0.29, 0.717) is 5.69 Å². The number of methoxy groups -OCH3 is 1. The molecule has 1 rings (SSSR count). The molecule has 1 amide bonds. The molecule has 0 atom stereocenters. The first-order valence-corrected chi connectivity index (χ1v) is 5.76. The minimum Gasteiger partial charge on any atom is -0.369 e. The Hall–Kier alpha value is -1.90. The summed E-state index contributed by atoms with van der Waals surface area (Å²) < 4.78 is 18.5. The Bertz CT molecular complexity index is 530. The van der Waals surface area contributed by atoms with Crippen LogP contribution in [0.5, 0.6) is 0 Å². The van der Waals surface area contributed by atoms with E-state index >= 15 is 0 Å². The zero-order chi connectivity index (χ0) is 14.5. The van der Waals surface area contributed by atoms with Gasteiger partial charge in [0, 0.05) is 12.8 Å². The average Bonchev–Trinajstić information content (AvgIpc) is 2.39. The van der Waals surface area contributed by atoms with Crippen LogP contribution in [0.1, 0.15) is 19.4 Å². The Morgan fingerprint density at radius 1 is 1.53 bits per heavy atom. The van der Waals surface area contributed by atoms with Crippen molar-refractivity contribution in [2.75, 3.05) is 19.0 Å². The van der Waals surface area contributed by atoms with E-state index in [4.69, 9.17) is 10.5 Å². The summed E-state index contributed by atoms with van der Waals surface area (Å²) in [6.07, 6.45) is 0.